The Balaban J connectivity index is 2.06. The summed E-state index contributed by atoms with van der Waals surface area (Å²) in [6.07, 6.45) is 3.72. The van der Waals surface area contributed by atoms with Gasteiger partial charge in [-0.05, 0) is 25.1 Å². The van der Waals surface area contributed by atoms with Gasteiger partial charge in [-0.15, -0.1) is 0 Å². The highest BCUT2D eigenvalue weighted by molar-refractivity contribution is 5.63. The van der Waals surface area contributed by atoms with Gasteiger partial charge in [0.15, 0.2) is 5.65 Å². The van der Waals surface area contributed by atoms with Crippen LogP contribution >= 0.6 is 0 Å². The Labute approximate surface area is 104 Å². The van der Waals surface area contributed by atoms with Crippen molar-refractivity contribution in [1.29, 1.82) is 0 Å². The lowest BCUT2D eigenvalue weighted by molar-refractivity contribution is 0.398. The molecule has 0 fully saturated rings. The van der Waals surface area contributed by atoms with Crippen LogP contribution in [-0.4, -0.2) is 26.7 Å². The second-order valence-corrected chi connectivity index (χ2v) is 3.97. The number of ether oxygens (including phenoxy) is 1. The summed E-state index contributed by atoms with van der Waals surface area (Å²) in [5.41, 5.74) is 2.91. The quantitative estimate of drug-likeness (QED) is 0.688. The Morgan fingerprint density at radius 2 is 1.94 bits per heavy atom. The fourth-order valence-corrected chi connectivity index (χ4v) is 1.84. The van der Waals surface area contributed by atoms with Crippen LogP contribution in [0, 0.1) is 6.92 Å². The summed E-state index contributed by atoms with van der Waals surface area (Å²) >= 11 is 0. The first-order valence-corrected chi connectivity index (χ1v) is 5.60. The van der Waals surface area contributed by atoms with Crippen molar-refractivity contribution in [2.24, 2.45) is 0 Å². The first-order valence-electron chi connectivity index (χ1n) is 5.60. The zero-order valence-electron chi connectivity index (χ0n) is 10.2. The topological polar surface area (TPSA) is 52.3 Å². The van der Waals surface area contributed by atoms with E-state index in [1.165, 1.54) is 0 Å². The van der Waals surface area contributed by atoms with Crippen molar-refractivity contribution in [3.63, 3.8) is 0 Å². The smallest absolute Gasteiger partial charge is 0.212 e. The maximum atomic E-state index is 5.04. The van der Waals surface area contributed by atoms with Crippen LogP contribution in [-0.2, 0) is 0 Å². The molecule has 0 aliphatic carbocycles. The number of hydrogen-bond acceptors (Lipinski definition) is 4. The second kappa shape index (κ2) is 4.10. The maximum Gasteiger partial charge on any atom is 0.212 e. The van der Waals surface area contributed by atoms with Crippen molar-refractivity contribution < 1.29 is 4.74 Å². The predicted molar refractivity (Wildman–Crippen MR) is 67.5 cm³/mol. The number of nitrogens with zero attached hydrogens (tertiary/aromatic N) is 4. The molecule has 0 saturated carbocycles. The molecule has 3 heterocycles. The van der Waals surface area contributed by atoms with Gasteiger partial charge in [-0.1, -0.05) is 0 Å². The Kier molecular flexibility index (Phi) is 2.44. The first kappa shape index (κ1) is 10.7. The zero-order valence-corrected chi connectivity index (χ0v) is 10.2. The van der Waals surface area contributed by atoms with Gasteiger partial charge < -0.3 is 4.74 Å². The maximum absolute atomic E-state index is 5.04. The first-order chi connectivity index (χ1) is 8.76. The van der Waals surface area contributed by atoms with E-state index in [0.717, 1.165) is 22.6 Å². The van der Waals surface area contributed by atoms with Crippen LogP contribution in [0.25, 0.3) is 16.8 Å². The third-order valence-electron chi connectivity index (χ3n) is 2.72. The average molecular weight is 240 g/mol. The molecule has 0 saturated heterocycles. The van der Waals surface area contributed by atoms with E-state index >= 15 is 0 Å². The second-order valence-electron chi connectivity index (χ2n) is 3.97. The molecule has 5 heteroatoms. The molecule has 3 rings (SSSR count). The van der Waals surface area contributed by atoms with Crippen molar-refractivity contribution in [3.05, 3.63) is 42.5 Å². The van der Waals surface area contributed by atoms with Gasteiger partial charge in [0.2, 0.25) is 5.88 Å². The summed E-state index contributed by atoms with van der Waals surface area (Å²) in [6, 6.07) is 7.76. The lowest BCUT2D eigenvalue weighted by atomic mass is 10.1. The Morgan fingerprint density at radius 3 is 2.67 bits per heavy atom. The SMILES string of the molecule is COc1ccc(-c2ccc3nc(C)nn3c2)cn1. The third-order valence-corrected chi connectivity index (χ3v) is 2.72. The number of rotatable bonds is 2. The highest BCUT2D eigenvalue weighted by atomic mass is 16.5. The number of pyridine rings is 2. The molecular formula is C13H12N4O. The van der Waals surface area contributed by atoms with Crippen LogP contribution in [0.5, 0.6) is 5.88 Å². The fraction of sp³-hybridized carbons (Fsp3) is 0.154. The molecule has 0 aromatic carbocycles. The minimum atomic E-state index is 0.608. The molecule has 90 valence electrons. The molecule has 0 radical (unpaired) electrons. The van der Waals surface area contributed by atoms with Crippen molar-refractivity contribution in [2.45, 2.75) is 6.92 Å². The van der Waals surface area contributed by atoms with E-state index in [2.05, 4.69) is 15.1 Å². The normalized spacial score (nSPS) is 10.8. The largest absolute Gasteiger partial charge is 0.481 e. The number of methoxy groups -OCH3 is 1. The highest BCUT2D eigenvalue weighted by Gasteiger charge is 2.03. The molecule has 0 aliphatic rings. The average Bonchev–Trinajstić information content (AvgIpc) is 2.78. The molecule has 3 aromatic rings. The van der Waals surface area contributed by atoms with E-state index in [4.69, 9.17) is 4.74 Å². The summed E-state index contributed by atoms with van der Waals surface area (Å²) in [5, 5.41) is 4.29. The number of fused-ring (bicyclic) bond motifs is 1. The molecular weight excluding hydrogens is 228 g/mol. The van der Waals surface area contributed by atoms with Crippen molar-refractivity contribution >= 4 is 5.65 Å². The van der Waals surface area contributed by atoms with E-state index < -0.39 is 0 Å². The summed E-state index contributed by atoms with van der Waals surface area (Å²) in [7, 11) is 1.60. The van der Waals surface area contributed by atoms with Crippen LogP contribution < -0.4 is 4.74 Å². The van der Waals surface area contributed by atoms with Crippen LogP contribution in [0.2, 0.25) is 0 Å². The van der Waals surface area contributed by atoms with E-state index in [1.54, 1.807) is 17.8 Å². The van der Waals surface area contributed by atoms with E-state index in [-0.39, 0.29) is 0 Å². The van der Waals surface area contributed by atoms with Gasteiger partial charge in [0.1, 0.15) is 5.82 Å². The van der Waals surface area contributed by atoms with Gasteiger partial charge in [-0.3, -0.25) is 0 Å². The number of aromatic nitrogens is 4. The van der Waals surface area contributed by atoms with E-state index in [0.29, 0.717) is 5.88 Å². The van der Waals surface area contributed by atoms with Gasteiger partial charge in [0, 0.05) is 29.6 Å². The van der Waals surface area contributed by atoms with Gasteiger partial charge >= 0.3 is 0 Å². The van der Waals surface area contributed by atoms with Gasteiger partial charge in [0.25, 0.3) is 0 Å². The van der Waals surface area contributed by atoms with E-state index in [1.807, 2.05) is 37.4 Å². The zero-order chi connectivity index (χ0) is 12.5. The standard InChI is InChI=1S/C13H12N4O/c1-9-15-12-5-3-11(8-17(12)16-9)10-4-6-13(18-2)14-7-10/h3-8H,1-2H3. The molecule has 0 unspecified atom stereocenters. The predicted octanol–water partition coefficient (Wildman–Crippen LogP) is 2.11. The van der Waals surface area contributed by atoms with Crippen molar-refractivity contribution in [1.82, 2.24) is 19.6 Å². The molecule has 18 heavy (non-hydrogen) atoms. The molecule has 0 N–H and O–H groups in total. The summed E-state index contributed by atoms with van der Waals surface area (Å²) < 4.78 is 6.81. The van der Waals surface area contributed by atoms with Gasteiger partial charge in [-0.25, -0.2) is 14.5 Å². The van der Waals surface area contributed by atoms with Crippen LogP contribution in [0.1, 0.15) is 5.82 Å². The lowest BCUT2D eigenvalue weighted by Gasteiger charge is -2.03. The Morgan fingerprint density at radius 1 is 1.11 bits per heavy atom. The fourth-order valence-electron chi connectivity index (χ4n) is 1.84. The van der Waals surface area contributed by atoms with Crippen molar-refractivity contribution in [3.8, 4) is 17.0 Å². The molecule has 0 atom stereocenters. The molecule has 0 spiro atoms. The minimum absolute atomic E-state index is 0.608. The number of aryl methyl sites for hydroxylation is 1. The van der Waals surface area contributed by atoms with Gasteiger partial charge in [0.05, 0.1) is 7.11 Å². The van der Waals surface area contributed by atoms with Crippen LogP contribution in [0.15, 0.2) is 36.7 Å². The highest BCUT2D eigenvalue weighted by Crippen LogP contribution is 2.20. The van der Waals surface area contributed by atoms with Crippen molar-refractivity contribution in [2.75, 3.05) is 7.11 Å². The molecule has 3 aromatic heterocycles. The molecule has 0 amide bonds. The Bertz CT molecular complexity index is 688. The number of hydrogen-bond donors (Lipinski definition) is 0. The lowest BCUT2D eigenvalue weighted by Crippen LogP contribution is -1.90. The monoisotopic (exact) mass is 240 g/mol. The third kappa shape index (κ3) is 1.79. The molecule has 0 aliphatic heterocycles. The molecule has 0 bridgehead atoms. The summed E-state index contributed by atoms with van der Waals surface area (Å²) in [4.78, 5) is 8.48. The summed E-state index contributed by atoms with van der Waals surface area (Å²) in [5.74, 6) is 1.37. The van der Waals surface area contributed by atoms with Gasteiger partial charge in [-0.2, -0.15) is 5.10 Å². The molecule has 5 nitrogen and oxygen atoms in total. The minimum Gasteiger partial charge on any atom is -0.481 e. The van der Waals surface area contributed by atoms with Crippen LogP contribution in [0.4, 0.5) is 0 Å². The summed E-state index contributed by atoms with van der Waals surface area (Å²) in [6.45, 7) is 1.88. The van der Waals surface area contributed by atoms with Crippen LogP contribution in [0.3, 0.4) is 0 Å². The Hall–Kier alpha value is -2.43. The van der Waals surface area contributed by atoms with E-state index in [9.17, 15) is 0 Å².